The van der Waals surface area contributed by atoms with Crippen molar-refractivity contribution in [2.24, 2.45) is 0 Å². The number of anilines is 2. The van der Waals surface area contributed by atoms with E-state index in [4.69, 9.17) is 0 Å². The summed E-state index contributed by atoms with van der Waals surface area (Å²) in [6.45, 7) is 2.71. The molecule has 1 fully saturated rings. The molecule has 0 saturated carbocycles. The van der Waals surface area contributed by atoms with Crippen molar-refractivity contribution < 1.29 is 4.79 Å². The van der Waals surface area contributed by atoms with Crippen molar-refractivity contribution in [1.29, 1.82) is 0 Å². The fourth-order valence-corrected chi connectivity index (χ4v) is 2.72. The molecule has 0 bridgehead atoms. The van der Waals surface area contributed by atoms with Crippen molar-refractivity contribution in [2.45, 2.75) is 18.9 Å². The Bertz CT molecular complexity index is 654. The molecule has 0 aromatic carbocycles. The van der Waals surface area contributed by atoms with Crippen LogP contribution in [0.5, 0.6) is 0 Å². The molecule has 2 aromatic rings. The van der Waals surface area contributed by atoms with Gasteiger partial charge in [-0.25, -0.2) is 19.7 Å². The molecule has 9 heteroatoms. The summed E-state index contributed by atoms with van der Waals surface area (Å²) in [6.07, 6.45) is 10.3. The molecule has 3 heterocycles. The largest absolute Gasteiger partial charge is 0.367 e. The molecule has 0 spiro atoms. The van der Waals surface area contributed by atoms with Gasteiger partial charge in [0.25, 0.3) is 0 Å². The zero-order chi connectivity index (χ0) is 17.3. The highest BCUT2D eigenvalue weighted by Crippen LogP contribution is 2.15. The zero-order valence-electron chi connectivity index (χ0n) is 13.9. The van der Waals surface area contributed by atoms with Gasteiger partial charge in [0.15, 0.2) is 0 Å². The normalized spacial score (nSPS) is 17.0. The summed E-state index contributed by atoms with van der Waals surface area (Å²) >= 11 is 0. The molecule has 0 unspecified atom stereocenters. The van der Waals surface area contributed by atoms with Crippen molar-refractivity contribution in [3.8, 4) is 0 Å². The van der Waals surface area contributed by atoms with Gasteiger partial charge in [0.05, 0.1) is 6.20 Å². The highest BCUT2D eigenvalue weighted by atomic mass is 16.2. The fraction of sp³-hybridized carbons (Fsp3) is 0.438. The first-order chi connectivity index (χ1) is 12.3. The third-order valence-electron chi connectivity index (χ3n) is 3.87. The Morgan fingerprint density at radius 1 is 1.16 bits per heavy atom. The smallest absolute Gasteiger partial charge is 0.315 e. The second kappa shape index (κ2) is 8.76. The van der Waals surface area contributed by atoms with Gasteiger partial charge in [-0.2, -0.15) is 0 Å². The molecular formula is C16H22N8O. The molecular weight excluding hydrogens is 320 g/mol. The summed E-state index contributed by atoms with van der Waals surface area (Å²) in [5, 5.41) is 8.95. The number of nitrogens with one attached hydrogen (secondary N) is 3. The lowest BCUT2D eigenvalue weighted by Crippen LogP contribution is -2.51. The maximum Gasteiger partial charge on any atom is 0.315 e. The van der Waals surface area contributed by atoms with Crippen LogP contribution >= 0.6 is 0 Å². The Hall–Kier alpha value is -2.97. The second-order valence-corrected chi connectivity index (χ2v) is 5.75. The Balaban J connectivity index is 1.37. The number of hydrogen-bond donors (Lipinski definition) is 3. The van der Waals surface area contributed by atoms with Crippen LogP contribution in [0.4, 0.5) is 16.6 Å². The van der Waals surface area contributed by atoms with Crippen molar-refractivity contribution >= 4 is 17.8 Å². The van der Waals surface area contributed by atoms with Gasteiger partial charge in [-0.15, -0.1) is 0 Å². The third kappa shape index (κ3) is 5.27. The summed E-state index contributed by atoms with van der Waals surface area (Å²) in [5.41, 5.74) is 0. The number of piperidine rings is 1. The molecule has 25 heavy (non-hydrogen) atoms. The quantitative estimate of drug-likeness (QED) is 0.661. The molecule has 3 N–H and O–H groups in total. The Morgan fingerprint density at radius 3 is 2.84 bits per heavy atom. The topological polar surface area (TPSA) is 108 Å². The van der Waals surface area contributed by atoms with Crippen LogP contribution in [0.2, 0.25) is 0 Å². The molecule has 1 saturated heterocycles. The number of carbonyl (C=O) groups excluding carboxylic acids is 1. The van der Waals surface area contributed by atoms with E-state index in [-0.39, 0.29) is 12.1 Å². The lowest BCUT2D eigenvalue weighted by Gasteiger charge is -2.33. The van der Waals surface area contributed by atoms with E-state index in [9.17, 15) is 4.79 Å². The van der Waals surface area contributed by atoms with Gasteiger partial charge in [-0.1, -0.05) is 0 Å². The predicted molar refractivity (Wildman–Crippen MR) is 94.3 cm³/mol. The summed E-state index contributed by atoms with van der Waals surface area (Å²) < 4.78 is 0. The van der Waals surface area contributed by atoms with E-state index in [1.165, 1.54) is 0 Å². The molecule has 132 valence electrons. The first-order valence-corrected chi connectivity index (χ1v) is 8.37. The number of nitrogens with zero attached hydrogens (tertiary/aromatic N) is 5. The van der Waals surface area contributed by atoms with Crippen LogP contribution in [0.3, 0.4) is 0 Å². The van der Waals surface area contributed by atoms with E-state index in [1.54, 1.807) is 37.1 Å². The van der Waals surface area contributed by atoms with Crippen LogP contribution in [0.1, 0.15) is 12.8 Å². The van der Waals surface area contributed by atoms with Crippen LogP contribution < -0.4 is 20.9 Å². The molecule has 0 aliphatic carbocycles. The lowest BCUT2D eigenvalue weighted by atomic mass is 10.1. The van der Waals surface area contributed by atoms with Gasteiger partial charge >= 0.3 is 6.03 Å². The van der Waals surface area contributed by atoms with Gasteiger partial charge in [0, 0.05) is 57.0 Å². The van der Waals surface area contributed by atoms with Gasteiger partial charge in [-0.05, 0) is 18.9 Å². The second-order valence-electron chi connectivity index (χ2n) is 5.75. The molecule has 1 aliphatic heterocycles. The van der Waals surface area contributed by atoms with Crippen molar-refractivity contribution in [1.82, 2.24) is 30.6 Å². The Labute approximate surface area is 146 Å². The fourth-order valence-electron chi connectivity index (χ4n) is 2.72. The van der Waals surface area contributed by atoms with E-state index in [0.717, 1.165) is 25.9 Å². The molecule has 2 amide bonds. The van der Waals surface area contributed by atoms with E-state index in [0.29, 0.717) is 24.9 Å². The molecule has 2 aromatic heterocycles. The predicted octanol–water partition coefficient (Wildman–Crippen LogP) is 0.647. The highest BCUT2D eigenvalue weighted by molar-refractivity contribution is 5.74. The van der Waals surface area contributed by atoms with E-state index >= 15 is 0 Å². The highest BCUT2D eigenvalue weighted by Gasteiger charge is 2.22. The molecule has 3 rings (SSSR count). The standard InChI is InChI=1S/C16H22N8O/c25-16(22-9-8-19-14-11-17-6-7-18-14)23-13-3-1-10-24(12-13)15-20-4-2-5-21-15/h2,4-7,11,13H,1,3,8-10,12H2,(H,18,19)(H2,22,23,25)/t13-/m0/s1. The molecule has 1 aliphatic rings. The number of hydrogen-bond acceptors (Lipinski definition) is 7. The van der Waals surface area contributed by atoms with E-state index in [2.05, 4.69) is 40.8 Å². The number of amides is 2. The Morgan fingerprint density at radius 2 is 2.04 bits per heavy atom. The zero-order valence-corrected chi connectivity index (χ0v) is 13.9. The minimum absolute atomic E-state index is 0.0884. The van der Waals surface area contributed by atoms with Gasteiger partial charge in [0.1, 0.15) is 5.82 Å². The summed E-state index contributed by atoms with van der Waals surface area (Å²) in [4.78, 5) is 30.8. The minimum atomic E-state index is -0.165. The van der Waals surface area contributed by atoms with E-state index in [1.807, 2.05) is 0 Å². The van der Waals surface area contributed by atoms with Crippen molar-refractivity contribution in [3.05, 3.63) is 37.1 Å². The van der Waals surface area contributed by atoms with Gasteiger partial charge in [-0.3, -0.25) is 4.98 Å². The SMILES string of the molecule is O=C(NCCNc1cnccn1)N[C@H]1CCCN(c2ncccn2)C1. The first kappa shape index (κ1) is 16.9. The average molecular weight is 342 g/mol. The lowest BCUT2D eigenvalue weighted by molar-refractivity contribution is 0.235. The number of rotatable bonds is 6. The molecule has 9 nitrogen and oxygen atoms in total. The Kier molecular flexibility index (Phi) is 5.91. The molecule has 0 radical (unpaired) electrons. The number of urea groups is 1. The maximum atomic E-state index is 12.0. The molecule has 1 atom stereocenters. The third-order valence-corrected chi connectivity index (χ3v) is 3.87. The first-order valence-electron chi connectivity index (χ1n) is 8.37. The van der Waals surface area contributed by atoms with Gasteiger partial charge < -0.3 is 20.9 Å². The van der Waals surface area contributed by atoms with E-state index < -0.39 is 0 Å². The van der Waals surface area contributed by atoms with Crippen molar-refractivity contribution in [3.63, 3.8) is 0 Å². The number of carbonyl (C=O) groups is 1. The van der Waals surface area contributed by atoms with Crippen molar-refractivity contribution in [2.75, 3.05) is 36.4 Å². The number of aromatic nitrogens is 4. The summed E-state index contributed by atoms with van der Waals surface area (Å²) in [5.74, 6) is 1.40. The van der Waals surface area contributed by atoms with Crippen LogP contribution in [0.25, 0.3) is 0 Å². The minimum Gasteiger partial charge on any atom is -0.367 e. The maximum absolute atomic E-state index is 12.0. The van der Waals surface area contributed by atoms with Crippen LogP contribution in [0.15, 0.2) is 37.1 Å². The summed E-state index contributed by atoms with van der Waals surface area (Å²) in [6, 6.07) is 1.72. The van der Waals surface area contributed by atoms with Crippen LogP contribution in [0, 0.1) is 0 Å². The summed E-state index contributed by atoms with van der Waals surface area (Å²) in [7, 11) is 0. The monoisotopic (exact) mass is 342 g/mol. The van der Waals surface area contributed by atoms with Crippen LogP contribution in [-0.4, -0.2) is 58.2 Å². The van der Waals surface area contributed by atoms with Gasteiger partial charge in [0.2, 0.25) is 5.95 Å². The van der Waals surface area contributed by atoms with Crippen LogP contribution in [-0.2, 0) is 0 Å². The average Bonchev–Trinajstić information content (AvgIpc) is 2.67.